The lowest BCUT2D eigenvalue weighted by Gasteiger charge is -2.39. The molecule has 0 aromatic heterocycles. The van der Waals surface area contributed by atoms with Crippen molar-refractivity contribution in [2.45, 2.75) is 44.0 Å². The van der Waals surface area contributed by atoms with Crippen molar-refractivity contribution in [3.8, 4) is 5.75 Å². The molecule has 1 aliphatic heterocycles. The highest BCUT2D eigenvalue weighted by Gasteiger charge is 2.39. The minimum absolute atomic E-state index is 0.297. The predicted molar refractivity (Wildman–Crippen MR) is 71.0 cm³/mol. The second kappa shape index (κ2) is 4.45. The van der Waals surface area contributed by atoms with E-state index in [-0.39, 0.29) is 5.92 Å². The maximum atomic E-state index is 13.3. The van der Waals surface area contributed by atoms with E-state index in [0.29, 0.717) is 17.7 Å². The molecule has 0 aliphatic carbocycles. The molecule has 1 aromatic carbocycles. The Bertz CT molecular complexity index is 598. The normalized spacial score (nSPS) is 23.3. The molecule has 4 nitrogen and oxygen atoms in total. The van der Waals surface area contributed by atoms with Gasteiger partial charge in [-0.15, -0.1) is 0 Å². The Morgan fingerprint density at radius 3 is 2.68 bits per heavy atom. The van der Waals surface area contributed by atoms with Gasteiger partial charge < -0.3 is 4.74 Å². The second-order valence-corrected chi connectivity index (χ2v) is 7.57. The fourth-order valence-electron chi connectivity index (χ4n) is 2.53. The summed E-state index contributed by atoms with van der Waals surface area (Å²) in [6.45, 7) is 5.28. The summed E-state index contributed by atoms with van der Waals surface area (Å²) in [5, 5.41) is 4.51. The Labute approximate surface area is 112 Å². The molecule has 6 heteroatoms. The van der Waals surface area contributed by atoms with Gasteiger partial charge in [-0.1, -0.05) is 6.07 Å². The topological polar surface area (TPSA) is 69.4 Å². The van der Waals surface area contributed by atoms with E-state index in [1.54, 1.807) is 13.0 Å². The fourth-order valence-corrected chi connectivity index (χ4v) is 3.23. The largest absolute Gasteiger partial charge is 0.487 e. The summed E-state index contributed by atoms with van der Waals surface area (Å²) in [5.41, 5.74) is 0.145. The summed E-state index contributed by atoms with van der Waals surface area (Å²) in [6.07, 6.45) is 0.517. The number of ether oxygens (including phenoxy) is 1. The molecule has 0 amide bonds. The lowest BCUT2D eigenvalue weighted by molar-refractivity contribution is 0.0712. The molecule has 0 spiro atoms. The maximum absolute atomic E-state index is 13.3. The lowest BCUT2D eigenvalue weighted by atomic mass is 9.82. The number of fused-ring (bicyclic) bond motifs is 1. The van der Waals surface area contributed by atoms with Gasteiger partial charge in [0, 0.05) is 12.0 Å². The number of benzene rings is 1. The van der Waals surface area contributed by atoms with Gasteiger partial charge in [-0.2, -0.15) is 0 Å². The lowest BCUT2D eigenvalue weighted by Crippen LogP contribution is -2.41. The van der Waals surface area contributed by atoms with Gasteiger partial charge in [0.25, 0.3) is 0 Å². The summed E-state index contributed by atoms with van der Waals surface area (Å²) in [6, 6.07) is 4.18. The molecular formula is C13H18FNO3S. The molecular weight excluding hydrogens is 269 g/mol. The first kappa shape index (κ1) is 14.3. The van der Waals surface area contributed by atoms with Gasteiger partial charge in [0.1, 0.15) is 17.2 Å². The Kier molecular flexibility index (Phi) is 3.35. The van der Waals surface area contributed by atoms with Gasteiger partial charge >= 0.3 is 0 Å². The molecule has 19 heavy (non-hydrogen) atoms. The van der Waals surface area contributed by atoms with Crippen molar-refractivity contribution in [3.63, 3.8) is 0 Å². The van der Waals surface area contributed by atoms with Crippen molar-refractivity contribution in [1.29, 1.82) is 0 Å². The van der Waals surface area contributed by atoms with Gasteiger partial charge in [-0.25, -0.2) is 17.9 Å². The summed E-state index contributed by atoms with van der Waals surface area (Å²) >= 11 is 0. The molecule has 0 fully saturated rings. The van der Waals surface area contributed by atoms with Crippen LogP contribution in [0.4, 0.5) is 4.39 Å². The van der Waals surface area contributed by atoms with Crippen molar-refractivity contribution >= 4 is 10.0 Å². The van der Waals surface area contributed by atoms with E-state index in [2.05, 4.69) is 0 Å². The molecule has 2 unspecified atom stereocenters. The molecule has 2 N–H and O–H groups in total. The zero-order valence-electron chi connectivity index (χ0n) is 11.2. The van der Waals surface area contributed by atoms with Crippen LogP contribution in [0.5, 0.6) is 5.75 Å². The van der Waals surface area contributed by atoms with Gasteiger partial charge in [0.15, 0.2) is 0 Å². The molecule has 0 bridgehead atoms. The highest BCUT2D eigenvalue weighted by atomic mass is 32.2. The van der Waals surface area contributed by atoms with Crippen LogP contribution in [-0.2, 0) is 10.0 Å². The van der Waals surface area contributed by atoms with E-state index in [4.69, 9.17) is 9.88 Å². The van der Waals surface area contributed by atoms with Gasteiger partial charge in [-0.3, -0.25) is 0 Å². The molecule has 0 saturated carbocycles. The monoisotopic (exact) mass is 287 g/mol. The van der Waals surface area contributed by atoms with Crippen LogP contribution in [0.3, 0.4) is 0 Å². The number of rotatable bonds is 2. The third-order valence-corrected chi connectivity index (χ3v) is 4.92. The van der Waals surface area contributed by atoms with Crippen molar-refractivity contribution in [3.05, 3.63) is 29.6 Å². The minimum Gasteiger partial charge on any atom is -0.487 e. The minimum atomic E-state index is -3.65. The number of hydrogen-bond donors (Lipinski definition) is 1. The van der Waals surface area contributed by atoms with Crippen LogP contribution in [0.15, 0.2) is 18.2 Å². The Morgan fingerprint density at radius 2 is 2.11 bits per heavy atom. The van der Waals surface area contributed by atoms with Crippen molar-refractivity contribution in [2.24, 2.45) is 5.14 Å². The van der Waals surface area contributed by atoms with Crippen LogP contribution in [-0.4, -0.2) is 19.3 Å². The SMILES string of the molecule is CC(C1CC(C)(C)Oc2cc(F)ccc21)S(N)(=O)=O. The Morgan fingerprint density at radius 1 is 1.47 bits per heavy atom. The average molecular weight is 287 g/mol. The van der Waals surface area contributed by atoms with Crippen LogP contribution in [0.2, 0.25) is 0 Å². The molecule has 1 aliphatic rings. The zero-order valence-corrected chi connectivity index (χ0v) is 12.0. The van der Waals surface area contributed by atoms with Crippen LogP contribution in [0.25, 0.3) is 0 Å². The molecule has 2 rings (SSSR count). The maximum Gasteiger partial charge on any atom is 0.212 e. The Balaban J connectivity index is 2.52. The predicted octanol–water partition coefficient (Wildman–Crippen LogP) is 2.15. The summed E-state index contributed by atoms with van der Waals surface area (Å²) in [7, 11) is -3.65. The van der Waals surface area contributed by atoms with Crippen molar-refractivity contribution in [1.82, 2.24) is 0 Å². The molecule has 0 saturated heterocycles. The van der Waals surface area contributed by atoms with E-state index >= 15 is 0 Å². The summed E-state index contributed by atoms with van der Waals surface area (Å²) in [4.78, 5) is 0. The molecule has 1 heterocycles. The molecule has 1 aromatic rings. The van der Waals surface area contributed by atoms with E-state index in [9.17, 15) is 12.8 Å². The van der Waals surface area contributed by atoms with Crippen LogP contribution < -0.4 is 9.88 Å². The summed E-state index contributed by atoms with van der Waals surface area (Å²) < 4.78 is 42.2. The first-order valence-electron chi connectivity index (χ1n) is 6.10. The first-order valence-corrected chi connectivity index (χ1v) is 7.71. The molecule has 0 radical (unpaired) electrons. The third kappa shape index (κ3) is 2.90. The molecule has 2 atom stereocenters. The second-order valence-electron chi connectivity index (χ2n) is 5.65. The highest BCUT2D eigenvalue weighted by Crippen LogP contribution is 2.43. The van der Waals surface area contributed by atoms with Gasteiger partial charge in [0.05, 0.1) is 5.25 Å². The summed E-state index contributed by atoms with van der Waals surface area (Å²) in [5.74, 6) is -0.301. The number of sulfonamides is 1. The standard InChI is InChI=1S/C13H18FNO3S/c1-8(19(15,16)17)11-7-13(2,3)18-12-6-9(14)4-5-10(11)12/h4-6,8,11H,7H2,1-3H3,(H2,15,16,17). The number of primary sulfonamides is 1. The van der Waals surface area contributed by atoms with Crippen LogP contribution in [0.1, 0.15) is 38.7 Å². The third-order valence-electron chi connectivity index (χ3n) is 3.56. The highest BCUT2D eigenvalue weighted by molar-refractivity contribution is 7.89. The quantitative estimate of drug-likeness (QED) is 0.906. The van der Waals surface area contributed by atoms with E-state index in [0.717, 1.165) is 0 Å². The van der Waals surface area contributed by atoms with Gasteiger partial charge in [-0.05, 0) is 38.8 Å². The van der Waals surface area contributed by atoms with Crippen molar-refractivity contribution in [2.75, 3.05) is 0 Å². The van der Waals surface area contributed by atoms with Crippen LogP contribution in [0, 0.1) is 5.82 Å². The van der Waals surface area contributed by atoms with E-state index in [1.165, 1.54) is 12.1 Å². The molecule has 106 valence electrons. The Hall–Kier alpha value is -1.14. The average Bonchev–Trinajstić information content (AvgIpc) is 2.23. The smallest absolute Gasteiger partial charge is 0.212 e. The van der Waals surface area contributed by atoms with Crippen molar-refractivity contribution < 1.29 is 17.5 Å². The number of halogens is 1. The number of nitrogens with two attached hydrogens (primary N) is 1. The first-order chi connectivity index (χ1) is 8.60. The number of hydrogen-bond acceptors (Lipinski definition) is 3. The van der Waals surface area contributed by atoms with Crippen LogP contribution >= 0.6 is 0 Å². The van der Waals surface area contributed by atoms with Gasteiger partial charge in [0.2, 0.25) is 10.0 Å². The van der Waals surface area contributed by atoms with E-state index in [1.807, 2.05) is 13.8 Å². The van der Waals surface area contributed by atoms with E-state index < -0.39 is 26.7 Å². The zero-order chi connectivity index (χ0) is 14.4. The fraction of sp³-hybridized carbons (Fsp3) is 0.538.